The highest BCUT2D eigenvalue weighted by Gasteiger charge is 2.26. The van der Waals surface area contributed by atoms with Crippen LogP contribution >= 0.6 is 0 Å². The van der Waals surface area contributed by atoms with Crippen LogP contribution in [0.2, 0.25) is 0 Å². The molecule has 6 nitrogen and oxygen atoms in total. The van der Waals surface area contributed by atoms with E-state index in [-0.39, 0.29) is 6.04 Å². The summed E-state index contributed by atoms with van der Waals surface area (Å²) in [7, 11) is 4.86. The van der Waals surface area contributed by atoms with E-state index in [4.69, 9.17) is 19.2 Å². The van der Waals surface area contributed by atoms with Gasteiger partial charge >= 0.3 is 0 Å². The van der Waals surface area contributed by atoms with Gasteiger partial charge in [0.15, 0.2) is 11.5 Å². The number of hydrogen-bond acceptors (Lipinski definition) is 4. The first-order valence-electron chi connectivity index (χ1n) is 9.83. The normalized spacial score (nSPS) is 15.6. The van der Waals surface area contributed by atoms with Gasteiger partial charge in [0.25, 0.3) is 0 Å². The number of ether oxygens (including phenoxy) is 3. The first kappa shape index (κ1) is 18.4. The molecule has 1 aliphatic rings. The molecule has 0 aliphatic carbocycles. The fraction of sp³-hybridized carbons (Fsp3) is 0.208. The number of H-pyrrole nitrogens is 1. The van der Waals surface area contributed by atoms with E-state index in [9.17, 15) is 0 Å². The molecule has 152 valence electrons. The molecule has 0 amide bonds. The van der Waals surface area contributed by atoms with Crippen LogP contribution in [0.25, 0.3) is 10.9 Å². The second kappa shape index (κ2) is 7.30. The van der Waals surface area contributed by atoms with Gasteiger partial charge in [-0.25, -0.2) is 0 Å². The number of fused-ring (bicyclic) bond motifs is 2. The minimum Gasteiger partial charge on any atom is -0.493 e. The zero-order valence-electron chi connectivity index (χ0n) is 17.2. The second-order valence-corrected chi connectivity index (χ2v) is 7.27. The SMILES string of the molecule is COc1cc(C2=NC(c3cc4ccccc4[nH]3)Cn3cccc32)cc(OC)c1OC. The second-order valence-electron chi connectivity index (χ2n) is 7.27. The summed E-state index contributed by atoms with van der Waals surface area (Å²) in [6.07, 6.45) is 2.09. The molecular formula is C24H23N3O3. The van der Waals surface area contributed by atoms with Crippen LogP contribution in [-0.2, 0) is 6.54 Å². The highest BCUT2D eigenvalue weighted by Crippen LogP contribution is 2.40. The van der Waals surface area contributed by atoms with E-state index in [0.29, 0.717) is 17.2 Å². The molecule has 30 heavy (non-hydrogen) atoms. The number of aromatic nitrogens is 2. The Balaban J connectivity index is 1.65. The molecule has 1 aliphatic heterocycles. The van der Waals surface area contributed by atoms with Gasteiger partial charge in [-0.1, -0.05) is 18.2 Å². The van der Waals surface area contributed by atoms with Crippen LogP contribution in [0, 0.1) is 0 Å². The summed E-state index contributed by atoms with van der Waals surface area (Å²) in [5.74, 6) is 1.79. The van der Waals surface area contributed by atoms with Gasteiger partial charge in [0.05, 0.1) is 39.3 Å². The van der Waals surface area contributed by atoms with Gasteiger partial charge in [0.1, 0.15) is 6.04 Å². The Morgan fingerprint density at radius 3 is 2.40 bits per heavy atom. The lowest BCUT2D eigenvalue weighted by molar-refractivity contribution is 0.324. The van der Waals surface area contributed by atoms with Gasteiger partial charge in [-0.15, -0.1) is 0 Å². The largest absolute Gasteiger partial charge is 0.493 e. The Labute approximate surface area is 174 Å². The number of para-hydroxylation sites is 1. The van der Waals surface area contributed by atoms with Crippen molar-refractivity contribution in [3.8, 4) is 17.2 Å². The highest BCUT2D eigenvalue weighted by molar-refractivity contribution is 6.13. The Kier molecular flexibility index (Phi) is 4.47. The lowest BCUT2D eigenvalue weighted by Gasteiger charge is -2.24. The molecule has 1 unspecified atom stereocenters. The van der Waals surface area contributed by atoms with E-state index in [1.807, 2.05) is 18.2 Å². The van der Waals surface area contributed by atoms with Crippen molar-refractivity contribution >= 4 is 16.6 Å². The number of aromatic amines is 1. The lowest BCUT2D eigenvalue weighted by Crippen LogP contribution is -2.21. The molecule has 5 rings (SSSR count). The summed E-state index contributed by atoms with van der Waals surface area (Å²) in [5, 5.41) is 1.19. The smallest absolute Gasteiger partial charge is 0.203 e. The summed E-state index contributed by atoms with van der Waals surface area (Å²) < 4.78 is 18.8. The van der Waals surface area contributed by atoms with E-state index < -0.39 is 0 Å². The molecule has 0 saturated heterocycles. The Hall–Kier alpha value is -3.67. The Morgan fingerprint density at radius 2 is 1.70 bits per heavy atom. The predicted octanol–water partition coefficient (Wildman–Crippen LogP) is 4.59. The molecule has 6 heteroatoms. The summed E-state index contributed by atoms with van der Waals surface area (Å²) in [6.45, 7) is 0.781. The molecule has 0 radical (unpaired) electrons. The molecule has 1 atom stereocenters. The lowest BCUT2D eigenvalue weighted by atomic mass is 10.0. The molecule has 4 aromatic rings. The Morgan fingerprint density at radius 1 is 0.933 bits per heavy atom. The summed E-state index contributed by atoms with van der Waals surface area (Å²) in [5.41, 5.74) is 5.10. The van der Waals surface area contributed by atoms with E-state index in [1.54, 1.807) is 21.3 Å². The van der Waals surface area contributed by atoms with Crippen LogP contribution in [0.15, 0.2) is 65.8 Å². The first-order valence-corrected chi connectivity index (χ1v) is 9.83. The zero-order valence-corrected chi connectivity index (χ0v) is 17.2. The number of methoxy groups -OCH3 is 3. The van der Waals surface area contributed by atoms with Crippen molar-refractivity contribution in [2.75, 3.05) is 21.3 Å². The zero-order chi connectivity index (χ0) is 20.7. The summed E-state index contributed by atoms with van der Waals surface area (Å²) >= 11 is 0. The van der Waals surface area contributed by atoms with Crippen LogP contribution in [0.3, 0.4) is 0 Å². The van der Waals surface area contributed by atoms with Crippen LogP contribution in [0.5, 0.6) is 17.2 Å². The van der Waals surface area contributed by atoms with Crippen molar-refractivity contribution in [1.82, 2.24) is 9.55 Å². The van der Waals surface area contributed by atoms with Crippen molar-refractivity contribution in [1.29, 1.82) is 0 Å². The predicted molar refractivity (Wildman–Crippen MR) is 117 cm³/mol. The third-order valence-corrected chi connectivity index (χ3v) is 5.57. The van der Waals surface area contributed by atoms with Gasteiger partial charge in [-0.2, -0.15) is 0 Å². The maximum atomic E-state index is 5.56. The van der Waals surface area contributed by atoms with Crippen molar-refractivity contribution in [3.05, 3.63) is 77.7 Å². The number of benzene rings is 2. The molecule has 1 N–H and O–H groups in total. The maximum Gasteiger partial charge on any atom is 0.203 e. The van der Waals surface area contributed by atoms with Crippen molar-refractivity contribution in [3.63, 3.8) is 0 Å². The van der Waals surface area contributed by atoms with Crippen LogP contribution in [0.1, 0.15) is 23.0 Å². The van der Waals surface area contributed by atoms with Crippen molar-refractivity contribution < 1.29 is 14.2 Å². The van der Waals surface area contributed by atoms with E-state index in [1.165, 1.54) is 5.39 Å². The molecule has 0 fully saturated rings. The third-order valence-electron chi connectivity index (χ3n) is 5.57. The third kappa shape index (κ3) is 2.92. The van der Waals surface area contributed by atoms with E-state index in [2.05, 4.69) is 52.1 Å². The molecule has 2 aromatic heterocycles. The number of rotatable bonds is 5. The van der Waals surface area contributed by atoms with E-state index >= 15 is 0 Å². The Bertz CT molecular complexity index is 1190. The van der Waals surface area contributed by atoms with Gasteiger partial charge in [0.2, 0.25) is 5.75 Å². The van der Waals surface area contributed by atoms with Gasteiger partial charge < -0.3 is 23.8 Å². The first-order chi connectivity index (χ1) is 14.7. The fourth-order valence-electron chi connectivity index (χ4n) is 4.12. The fourth-order valence-corrected chi connectivity index (χ4v) is 4.12. The molecule has 0 spiro atoms. The number of nitrogens with zero attached hydrogens (tertiary/aromatic N) is 2. The molecule has 0 saturated carbocycles. The number of hydrogen-bond donors (Lipinski definition) is 1. The van der Waals surface area contributed by atoms with Crippen LogP contribution in [0.4, 0.5) is 0 Å². The average molecular weight is 401 g/mol. The minimum atomic E-state index is -0.0219. The van der Waals surface area contributed by atoms with E-state index in [0.717, 1.165) is 34.7 Å². The maximum absolute atomic E-state index is 5.56. The van der Waals surface area contributed by atoms with Gasteiger partial charge in [-0.05, 0) is 41.8 Å². The summed E-state index contributed by atoms with van der Waals surface area (Å²) in [4.78, 5) is 8.68. The number of aliphatic imine (C=N–C) groups is 1. The van der Waals surface area contributed by atoms with Crippen molar-refractivity contribution in [2.45, 2.75) is 12.6 Å². The molecule has 3 heterocycles. The highest BCUT2D eigenvalue weighted by atomic mass is 16.5. The topological polar surface area (TPSA) is 60.8 Å². The van der Waals surface area contributed by atoms with Crippen LogP contribution < -0.4 is 14.2 Å². The molecular weight excluding hydrogens is 378 g/mol. The summed E-state index contributed by atoms with van der Waals surface area (Å²) in [6, 6.07) is 18.5. The van der Waals surface area contributed by atoms with Crippen molar-refractivity contribution in [2.24, 2.45) is 4.99 Å². The monoisotopic (exact) mass is 401 g/mol. The van der Waals surface area contributed by atoms with Gasteiger partial charge in [0, 0.05) is 23.0 Å². The molecule has 0 bridgehead atoms. The standard InChI is InChI=1S/C24H23N3O3/c1-28-21-12-16(13-22(29-2)24(21)30-3)23-20-9-6-10-27(20)14-19(26-23)18-11-15-7-4-5-8-17(15)25-18/h4-13,19,25H,14H2,1-3H3. The van der Waals surface area contributed by atoms with Crippen LogP contribution in [-0.4, -0.2) is 36.6 Å². The minimum absolute atomic E-state index is 0.0219. The molecule has 2 aromatic carbocycles. The van der Waals surface area contributed by atoms with Gasteiger partial charge in [-0.3, -0.25) is 4.99 Å². The average Bonchev–Trinajstić information content (AvgIpc) is 3.44. The quantitative estimate of drug-likeness (QED) is 0.532. The number of nitrogens with one attached hydrogen (secondary N) is 1.